The molecule has 0 aliphatic carbocycles. The zero-order valence-corrected chi connectivity index (χ0v) is 16.7. The van der Waals surface area contributed by atoms with Crippen LogP contribution >= 0.6 is 0 Å². The normalized spacial score (nSPS) is 11.7. The average Bonchev–Trinajstić information content (AvgIpc) is 2.73. The number of carbonyl (C=O) groups is 1. The molecule has 10 heteroatoms. The summed E-state index contributed by atoms with van der Waals surface area (Å²) < 4.78 is 65.5. The van der Waals surface area contributed by atoms with Crippen LogP contribution in [0.25, 0.3) is 0 Å². The van der Waals surface area contributed by atoms with E-state index < -0.39 is 27.7 Å². The Labute approximate surface area is 176 Å². The highest BCUT2D eigenvalue weighted by molar-refractivity contribution is 7.92. The number of benzene rings is 3. The Hall–Kier alpha value is -3.37. The molecule has 0 atom stereocenters. The highest BCUT2D eigenvalue weighted by Crippen LogP contribution is 2.31. The quantitative estimate of drug-likeness (QED) is 0.523. The van der Waals surface area contributed by atoms with Gasteiger partial charge in [0.2, 0.25) is 0 Å². The number of nitrogens with one attached hydrogen (secondary N) is 2. The first-order chi connectivity index (χ1) is 14.6. The van der Waals surface area contributed by atoms with E-state index >= 15 is 0 Å². The van der Waals surface area contributed by atoms with Gasteiger partial charge in [-0.05, 0) is 60.2 Å². The molecule has 0 aromatic heterocycles. The zero-order valence-electron chi connectivity index (χ0n) is 15.8. The van der Waals surface area contributed by atoms with Gasteiger partial charge in [-0.1, -0.05) is 18.2 Å². The van der Waals surface area contributed by atoms with Crippen LogP contribution in [0.3, 0.4) is 0 Å². The molecule has 1 amide bonds. The molecule has 31 heavy (non-hydrogen) atoms. The minimum atomic E-state index is -4.60. The largest absolute Gasteiger partial charge is 0.416 e. The molecule has 3 N–H and O–H groups in total. The van der Waals surface area contributed by atoms with Crippen molar-refractivity contribution < 1.29 is 31.5 Å². The summed E-state index contributed by atoms with van der Waals surface area (Å²) in [7, 11) is -4.16. The molecule has 0 unspecified atom stereocenters. The third-order valence-electron chi connectivity index (χ3n) is 4.24. The summed E-state index contributed by atoms with van der Waals surface area (Å²) in [4.78, 5) is 12.1. The van der Waals surface area contributed by atoms with Gasteiger partial charge in [-0.15, -0.1) is 0 Å². The number of alkyl halides is 3. The van der Waals surface area contributed by atoms with Gasteiger partial charge in [-0.2, -0.15) is 13.2 Å². The average molecular weight is 450 g/mol. The van der Waals surface area contributed by atoms with Crippen LogP contribution in [0, 0.1) is 0 Å². The van der Waals surface area contributed by atoms with Gasteiger partial charge < -0.3 is 10.4 Å². The van der Waals surface area contributed by atoms with E-state index in [4.69, 9.17) is 5.11 Å². The standard InChI is InChI=1S/C21H17F3N2O4S/c22-21(23,24)16-4-2-6-18(12-16)26-31(29,30)19-9-7-15(8-10-19)20(28)25-17-5-1-3-14(11-17)13-27/h1-12,26-27H,13H2,(H,25,28). The Morgan fingerprint density at radius 2 is 1.55 bits per heavy atom. The smallest absolute Gasteiger partial charge is 0.392 e. The first kappa shape index (κ1) is 22.3. The Balaban J connectivity index is 1.74. The summed E-state index contributed by atoms with van der Waals surface area (Å²) in [6.07, 6.45) is -4.60. The van der Waals surface area contributed by atoms with Crippen LogP contribution in [0.2, 0.25) is 0 Å². The summed E-state index contributed by atoms with van der Waals surface area (Å²) in [5.74, 6) is -0.495. The van der Waals surface area contributed by atoms with Gasteiger partial charge in [0.25, 0.3) is 15.9 Å². The molecule has 0 aliphatic rings. The lowest BCUT2D eigenvalue weighted by Crippen LogP contribution is -2.15. The molecule has 3 aromatic carbocycles. The monoisotopic (exact) mass is 450 g/mol. The number of halogens is 3. The fourth-order valence-electron chi connectivity index (χ4n) is 2.71. The number of aliphatic hydroxyl groups excluding tert-OH is 1. The van der Waals surface area contributed by atoms with Crippen LogP contribution < -0.4 is 10.0 Å². The van der Waals surface area contributed by atoms with Gasteiger partial charge in [0.15, 0.2) is 0 Å². The molecule has 0 spiro atoms. The fraction of sp³-hybridized carbons (Fsp3) is 0.0952. The minimum absolute atomic E-state index is 0.174. The van der Waals surface area contributed by atoms with Crippen molar-refractivity contribution in [2.75, 3.05) is 10.0 Å². The summed E-state index contributed by atoms with van der Waals surface area (Å²) >= 11 is 0. The Morgan fingerprint density at radius 1 is 0.903 bits per heavy atom. The van der Waals surface area contributed by atoms with Gasteiger partial charge in [0.1, 0.15) is 0 Å². The summed E-state index contributed by atoms with van der Waals surface area (Å²) in [6, 6.07) is 15.3. The fourth-order valence-corrected chi connectivity index (χ4v) is 3.76. The van der Waals surface area contributed by atoms with Gasteiger partial charge >= 0.3 is 6.18 Å². The van der Waals surface area contributed by atoms with E-state index in [1.807, 2.05) is 0 Å². The molecule has 0 saturated heterocycles. The lowest BCUT2D eigenvalue weighted by Gasteiger charge is -2.12. The Morgan fingerprint density at radius 3 is 2.19 bits per heavy atom. The third-order valence-corrected chi connectivity index (χ3v) is 5.63. The first-order valence-electron chi connectivity index (χ1n) is 8.90. The molecule has 162 valence electrons. The van der Waals surface area contributed by atoms with Gasteiger partial charge in [0, 0.05) is 16.9 Å². The van der Waals surface area contributed by atoms with Crippen molar-refractivity contribution in [3.63, 3.8) is 0 Å². The molecule has 0 heterocycles. The van der Waals surface area contributed by atoms with Gasteiger partial charge in [-0.3, -0.25) is 9.52 Å². The van der Waals surface area contributed by atoms with Crippen molar-refractivity contribution in [2.24, 2.45) is 0 Å². The second-order valence-corrected chi connectivity index (χ2v) is 8.20. The Bertz CT molecular complexity index is 1190. The topological polar surface area (TPSA) is 95.5 Å². The zero-order chi connectivity index (χ0) is 22.6. The molecular formula is C21H17F3N2O4S. The maximum Gasteiger partial charge on any atom is 0.416 e. The van der Waals surface area contributed by atoms with Crippen molar-refractivity contribution >= 4 is 27.3 Å². The molecule has 0 radical (unpaired) electrons. The highest BCUT2D eigenvalue weighted by atomic mass is 32.2. The highest BCUT2D eigenvalue weighted by Gasteiger charge is 2.30. The van der Waals surface area contributed by atoms with E-state index in [-0.39, 0.29) is 22.8 Å². The molecular weight excluding hydrogens is 433 g/mol. The van der Waals surface area contributed by atoms with Crippen molar-refractivity contribution in [2.45, 2.75) is 17.7 Å². The molecule has 0 bridgehead atoms. The van der Waals surface area contributed by atoms with Crippen LogP contribution in [-0.2, 0) is 22.8 Å². The number of hydrogen-bond donors (Lipinski definition) is 3. The molecule has 3 rings (SSSR count). The lowest BCUT2D eigenvalue weighted by molar-refractivity contribution is -0.137. The lowest BCUT2D eigenvalue weighted by atomic mass is 10.2. The predicted molar refractivity (Wildman–Crippen MR) is 109 cm³/mol. The van der Waals surface area contributed by atoms with Crippen LogP contribution in [0.1, 0.15) is 21.5 Å². The second-order valence-electron chi connectivity index (χ2n) is 6.52. The molecule has 0 saturated carbocycles. The van der Waals surface area contributed by atoms with Crippen LogP contribution in [0.4, 0.5) is 24.5 Å². The molecule has 6 nitrogen and oxygen atoms in total. The van der Waals surface area contributed by atoms with Crippen molar-refractivity contribution in [3.8, 4) is 0 Å². The van der Waals surface area contributed by atoms with E-state index in [1.54, 1.807) is 24.3 Å². The van der Waals surface area contributed by atoms with E-state index in [0.29, 0.717) is 17.3 Å². The number of sulfonamides is 1. The third kappa shape index (κ3) is 5.62. The van der Waals surface area contributed by atoms with Crippen LogP contribution in [0.5, 0.6) is 0 Å². The number of rotatable bonds is 6. The summed E-state index contributed by atoms with van der Waals surface area (Å²) in [5, 5.41) is 11.8. The number of carbonyl (C=O) groups excluding carboxylic acids is 1. The van der Waals surface area contributed by atoms with Crippen LogP contribution in [-0.4, -0.2) is 19.4 Å². The van der Waals surface area contributed by atoms with E-state index in [0.717, 1.165) is 12.1 Å². The van der Waals surface area contributed by atoms with Gasteiger partial charge in [-0.25, -0.2) is 8.42 Å². The Kier molecular flexibility index (Phi) is 6.32. The first-order valence-corrected chi connectivity index (χ1v) is 10.4. The molecule has 3 aromatic rings. The second kappa shape index (κ2) is 8.78. The maximum atomic E-state index is 12.8. The van der Waals surface area contributed by atoms with E-state index in [2.05, 4.69) is 10.0 Å². The van der Waals surface area contributed by atoms with E-state index in [9.17, 15) is 26.4 Å². The summed E-state index contributed by atoms with van der Waals surface area (Å²) in [6.45, 7) is -0.185. The van der Waals surface area contributed by atoms with Crippen molar-refractivity contribution in [3.05, 3.63) is 89.5 Å². The number of anilines is 2. The number of amides is 1. The number of aliphatic hydroxyl groups is 1. The predicted octanol–water partition coefficient (Wildman–Crippen LogP) is 4.25. The molecule has 0 fully saturated rings. The van der Waals surface area contributed by atoms with Crippen LogP contribution in [0.15, 0.2) is 77.7 Å². The maximum absolute atomic E-state index is 12.8. The van der Waals surface area contributed by atoms with Crippen molar-refractivity contribution in [1.82, 2.24) is 0 Å². The SMILES string of the molecule is O=C(Nc1cccc(CO)c1)c1ccc(S(=O)(=O)Nc2cccc(C(F)(F)F)c2)cc1. The minimum Gasteiger partial charge on any atom is -0.392 e. The number of hydrogen-bond acceptors (Lipinski definition) is 4. The van der Waals surface area contributed by atoms with E-state index in [1.165, 1.54) is 30.3 Å². The molecule has 0 aliphatic heterocycles. The van der Waals surface area contributed by atoms with Crippen molar-refractivity contribution in [1.29, 1.82) is 0 Å². The van der Waals surface area contributed by atoms with Gasteiger partial charge in [0.05, 0.1) is 17.1 Å². The summed E-state index contributed by atoms with van der Waals surface area (Å²) in [5.41, 5.74) is 0.0252.